The molecule has 0 saturated carbocycles. The van der Waals surface area contributed by atoms with Gasteiger partial charge in [-0.25, -0.2) is 4.98 Å². The van der Waals surface area contributed by atoms with Gasteiger partial charge in [-0.15, -0.1) is 23.8 Å². The number of phenols is 1. The van der Waals surface area contributed by atoms with Gasteiger partial charge in [0.15, 0.2) is 0 Å². The van der Waals surface area contributed by atoms with Crippen LogP contribution in [-0.2, 0) is 39.3 Å². The van der Waals surface area contributed by atoms with Gasteiger partial charge in [0, 0.05) is 38.5 Å². The number of benzene rings is 6. The third kappa shape index (κ3) is 6.85. The maximum absolute atomic E-state index is 12.1. The number of aryl methyl sites for hydroxylation is 1. The largest absolute Gasteiger partial charge is 0.507 e. The average molecular weight is 896 g/mol. The number of aromatic nitrogens is 3. The molecule has 0 saturated heterocycles. The van der Waals surface area contributed by atoms with E-state index in [1.165, 1.54) is 11.1 Å². The van der Waals surface area contributed by atoms with Gasteiger partial charge in [0.25, 0.3) is 0 Å². The minimum Gasteiger partial charge on any atom is -0.507 e. The normalized spacial score (nSPS) is 12.6. The van der Waals surface area contributed by atoms with Crippen molar-refractivity contribution in [1.29, 1.82) is 0 Å². The number of rotatable bonds is 6. The van der Waals surface area contributed by atoms with E-state index in [2.05, 4.69) is 147 Å². The fourth-order valence-electron chi connectivity index (χ4n) is 7.95. The van der Waals surface area contributed by atoms with Crippen LogP contribution in [0.15, 0.2) is 146 Å². The van der Waals surface area contributed by atoms with Crippen LogP contribution in [-0.4, -0.2) is 19.6 Å². The summed E-state index contributed by atoms with van der Waals surface area (Å²) < 4.78 is 2.26. The molecular formula is C50H42N3OPt-. The number of pyridine rings is 1. The second-order valence-corrected chi connectivity index (χ2v) is 15.4. The third-order valence-electron chi connectivity index (χ3n) is 10.8. The van der Waals surface area contributed by atoms with E-state index >= 15 is 0 Å². The molecule has 0 atom stereocenters. The molecule has 0 fully saturated rings. The predicted octanol–water partition coefficient (Wildman–Crippen LogP) is 12.4. The number of fused-ring (bicyclic) bond motifs is 2. The monoisotopic (exact) mass is 895 g/mol. The van der Waals surface area contributed by atoms with E-state index in [1.54, 1.807) is 0 Å². The number of hydrogen-bond donors (Lipinski definition) is 1. The first-order chi connectivity index (χ1) is 26.3. The predicted molar refractivity (Wildman–Crippen MR) is 222 cm³/mol. The summed E-state index contributed by atoms with van der Waals surface area (Å²) in [7, 11) is 0. The standard InChI is InChI=1S/C50H42N3O.Pt/c1-50(2,3)39-25-27-45(43(32-39)34-17-8-5-9-18-34)53-46-23-14-21-40(47(46)52-49(53)42-26-24-35-19-10-11-20-41(35)48(42)54)37-29-36(33-15-6-4-7-16-33)30-38(31-37)44-22-12-13-28-51-44;/h4-9,12-18,21-30,32,54H,10-11,19-20H2,1-3H3;/q-1;. The summed E-state index contributed by atoms with van der Waals surface area (Å²) in [4.78, 5) is 10.2. The summed E-state index contributed by atoms with van der Waals surface area (Å²) in [6.45, 7) is 6.77. The van der Waals surface area contributed by atoms with Gasteiger partial charge >= 0.3 is 0 Å². The zero-order valence-electron chi connectivity index (χ0n) is 31.3. The first kappa shape index (κ1) is 36.4. The summed E-state index contributed by atoms with van der Waals surface area (Å²) >= 11 is 0. The minimum absolute atomic E-state index is 0. The van der Waals surface area contributed by atoms with Crippen molar-refractivity contribution in [2.24, 2.45) is 0 Å². The van der Waals surface area contributed by atoms with E-state index in [4.69, 9.17) is 9.97 Å². The molecule has 1 aliphatic carbocycles. The van der Waals surface area contributed by atoms with E-state index in [1.807, 2.05) is 30.5 Å². The Morgan fingerprint density at radius 1 is 0.636 bits per heavy atom. The fourth-order valence-corrected chi connectivity index (χ4v) is 7.95. The van der Waals surface area contributed by atoms with Crippen molar-refractivity contribution in [2.75, 3.05) is 0 Å². The van der Waals surface area contributed by atoms with Crippen LogP contribution in [0.2, 0.25) is 0 Å². The Labute approximate surface area is 337 Å². The van der Waals surface area contributed by atoms with Crippen molar-refractivity contribution in [3.05, 3.63) is 168 Å². The zero-order valence-corrected chi connectivity index (χ0v) is 33.6. The molecule has 9 rings (SSSR count). The maximum Gasteiger partial charge on any atom is 0.148 e. The molecule has 6 aromatic carbocycles. The molecular weight excluding hydrogens is 854 g/mol. The SMILES string of the molecule is CC(C)(C)c1ccc(-n2c(-c3ccc4c(c3O)CCCC4)nc3c(-c4[c-]c(-c5ccccn5)cc(-c5ccccc5)c4)cccc32)c(-c2ccccc2)c1.[Pt]. The summed E-state index contributed by atoms with van der Waals surface area (Å²) in [6, 6.07) is 52.6. The Kier molecular flexibility index (Phi) is 9.88. The average Bonchev–Trinajstić information content (AvgIpc) is 3.60. The molecule has 0 unspecified atom stereocenters. The van der Waals surface area contributed by atoms with E-state index in [-0.39, 0.29) is 26.5 Å². The van der Waals surface area contributed by atoms with Crippen molar-refractivity contribution in [2.45, 2.75) is 51.9 Å². The Balaban J connectivity index is 0.00000427. The molecule has 274 valence electrons. The fraction of sp³-hybridized carbons (Fsp3) is 0.160. The van der Waals surface area contributed by atoms with Gasteiger partial charge in [0.2, 0.25) is 0 Å². The van der Waals surface area contributed by atoms with Gasteiger partial charge in [-0.05, 0) is 89.2 Å². The Morgan fingerprint density at radius 2 is 1.36 bits per heavy atom. The summed E-state index contributed by atoms with van der Waals surface area (Å²) in [5.74, 6) is 1.06. The van der Waals surface area contributed by atoms with E-state index in [9.17, 15) is 5.11 Å². The van der Waals surface area contributed by atoms with Gasteiger partial charge in [0.05, 0.1) is 22.3 Å². The molecule has 4 nitrogen and oxygen atoms in total. The first-order valence-corrected chi connectivity index (χ1v) is 18.9. The van der Waals surface area contributed by atoms with E-state index < -0.39 is 0 Å². The number of hydrogen-bond acceptors (Lipinski definition) is 3. The summed E-state index contributed by atoms with van der Waals surface area (Å²) in [6.07, 6.45) is 5.90. The van der Waals surface area contributed by atoms with Crippen LogP contribution in [0.1, 0.15) is 50.3 Å². The molecule has 1 aliphatic rings. The molecule has 0 bridgehead atoms. The molecule has 8 aromatic rings. The molecule has 5 heteroatoms. The van der Waals surface area contributed by atoms with Gasteiger partial charge in [-0.1, -0.05) is 135 Å². The van der Waals surface area contributed by atoms with Gasteiger partial charge in [-0.2, -0.15) is 0 Å². The molecule has 2 heterocycles. The minimum atomic E-state index is -0.0449. The van der Waals surface area contributed by atoms with Crippen LogP contribution in [0, 0.1) is 6.07 Å². The third-order valence-corrected chi connectivity index (χ3v) is 10.8. The molecule has 0 aliphatic heterocycles. The van der Waals surface area contributed by atoms with Gasteiger partial charge in [-0.3, -0.25) is 9.55 Å². The van der Waals surface area contributed by atoms with Crippen LogP contribution in [0.4, 0.5) is 0 Å². The molecule has 0 radical (unpaired) electrons. The topological polar surface area (TPSA) is 50.9 Å². The number of phenolic OH excluding ortho intramolecular Hbond substituents is 1. The van der Waals surface area contributed by atoms with Crippen molar-refractivity contribution in [3.8, 4) is 67.5 Å². The molecule has 0 amide bonds. The molecule has 55 heavy (non-hydrogen) atoms. The van der Waals surface area contributed by atoms with Gasteiger partial charge < -0.3 is 5.11 Å². The van der Waals surface area contributed by atoms with Gasteiger partial charge in [0.1, 0.15) is 11.6 Å². The van der Waals surface area contributed by atoms with Crippen molar-refractivity contribution in [1.82, 2.24) is 14.5 Å². The van der Waals surface area contributed by atoms with E-state index in [0.29, 0.717) is 11.6 Å². The number of aromatic hydroxyl groups is 1. The number of imidazole rings is 1. The van der Waals surface area contributed by atoms with Crippen LogP contribution < -0.4 is 0 Å². The molecule has 2 aromatic heterocycles. The van der Waals surface area contributed by atoms with Crippen LogP contribution in [0.25, 0.3) is 72.7 Å². The Hall–Kier alpha value is -5.57. The van der Waals surface area contributed by atoms with Crippen LogP contribution in [0.3, 0.4) is 0 Å². The Morgan fingerprint density at radius 3 is 2.11 bits per heavy atom. The number of nitrogens with zero attached hydrogens (tertiary/aromatic N) is 3. The summed E-state index contributed by atoms with van der Waals surface area (Å²) in [5, 5.41) is 12.1. The second-order valence-electron chi connectivity index (χ2n) is 15.4. The number of para-hydroxylation sites is 1. The Bertz CT molecular complexity index is 2580. The zero-order chi connectivity index (χ0) is 36.8. The van der Waals surface area contributed by atoms with Crippen LogP contribution >= 0.6 is 0 Å². The van der Waals surface area contributed by atoms with Crippen molar-refractivity contribution < 1.29 is 26.2 Å². The van der Waals surface area contributed by atoms with Crippen molar-refractivity contribution in [3.63, 3.8) is 0 Å². The molecule has 1 N–H and O–H groups in total. The van der Waals surface area contributed by atoms with E-state index in [0.717, 1.165) is 98.2 Å². The smallest absolute Gasteiger partial charge is 0.148 e. The quantitative estimate of drug-likeness (QED) is 0.169. The summed E-state index contributed by atoms with van der Waals surface area (Å²) in [5.41, 5.74) is 15.2. The maximum atomic E-state index is 12.1. The van der Waals surface area contributed by atoms with Crippen molar-refractivity contribution >= 4 is 11.0 Å². The first-order valence-electron chi connectivity index (χ1n) is 18.9. The second kappa shape index (κ2) is 14.9. The van der Waals surface area contributed by atoms with Crippen LogP contribution in [0.5, 0.6) is 5.75 Å². The molecule has 0 spiro atoms.